The molecule has 0 fully saturated rings. The Morgan fingerprint density at radius 2 is 1.65 bits per heavy atom. The van der Waals surface area contributed by atoms with Crippen molar-refractivity contribution in [2.45, 2.75) is 34.0 Å². The Morgan fingerprint density at radius 1 is 1.06 bits per heavy atom. The number of hydrogen-bond acceptors (Lipinski definition) is 5. The number of ether oxygens (including phenoxy) is 3. The lowest BCUT2D eigenvalue weighted by atomic mass is 10.4. The van der Waals surface area contributed by atoms with Crippen LogP contribution in [0.1, 0.15) is 27.7 Å². The molecule has 0 aliphatic heterocycles. The molecule has 5 nitrogen and oxygen atoms in total. The second kappa shape index (κ2) is 10.5. The fourth-order valence-electron chi connectivity index (χ4n) is 1.43. The highest BCUT2D eigenvalue weighted by Gasteiger charge is 2.16. The molecule has 0 atom stereocenters. The van der Waals surface area contributed by atoms with Crippen LogP contribution in [0.25, 0.3) is 0 Å². The van der Waals surface area contributed by atoms with E-state index >= 15 is 0 Å². The van der Waals surface area contributed by atoms with Gasteiger partial charge in [-0.1, -0.05) is 6.92 Å². The first-order valence-electron chi connectivity index (χ1n) is 6.28. The minimum Gasteiger partial charge on any atom is -0.465 e. The van der Waals surface area contributed by atoms with E-state index in [2.05, 4.69) is 0 Å². The van der Waals surface area contributed by atoms with Crippen LogP contribution in [-0.4, -0.2) is 56.6 Å². The van der Waals surface area contributed by atoms with E-state index in [0.29, 0.717) is 26.4 Å². The van der Waals surface area contributed by atoms with E-state index in [1.807, 2.05) is 25.7 Å². The zero-order valence-electron chi connectivity index (χ0n) is 11.4. The summed E-state index contributed by atoms with van der Waals surface area (Å²) in [6.07, 6.45) is -0.278. The summed E-state index contributed by atoms with van der Waals surface area (Å²) in [4.78, 5) is 13.3. The topological polar surface area (TPSA) is 48.0 Å². The van der Waals surface area contributed by atoms with Crippen molar-refractivity contribution in [3.63, 3.8) is 0 Å². The van der Waals surface area contributed by atoms with Crippen molar-refractivity contribution in [3.05, 3.63) is 0 Å². The van der Waals surface area contributed by atoms with Gasteiger partial charge in [0.2, 0.25) is 0 Å². The van der Waals surface area contributed by atoms with Gasteiger partial charge in [-0.05, 0) is 27.3 Å². The molecule has 0 N–H and O–H groups in total. The van der Waals surface area contributed by atoms with Gasteiger partial charge in [-0.2, -0.15) is 0 Å². The van der Waals surface area contributed by atoms with Gasteiger partial charge in [0.15, 0.2) is 6.29 Å². The Labute approximate surface area is 104 Å². The number of carbonyl (C=O) groups is 1. The van der Waals surface area contributed by atoms with Crippen LogP contribution in [0.2, 0.25) is 0 Å². The normalized spacial score (nSPS) is 11.2. The van der Waals surface area contributed by atoms with Gasteiger partial charge < -0.3 is 14.2 Å². The Kier molecular flexibility index (Phi) is 10.1. The van der Waals surface area contributed by atoms with Gasteiger partial charge in [0.05, 0.1) is 19.7 Å². The fourth-order valence-corrected chi connectivity index (χ4v) is 1.43. The molecular weight excluding hydrogens is 222 g/mol. The molecule has 0 rings (SSSR count). The van der Waals surface area contributed by atoms with Crippen molar-refractivity contribution < 1.29 is 19.0 Å². The highest BCUT2D eigenvalue weighted by Crippen LogP contribution is 2.00. The predicted octanol–water partition coefficient (Wildman–Crippen LogP) is 1.27. The third-order valence-electron chi connectivity index (χ3n) is 2.22. The van der Waals surface area contributed by atoms with Crippen molar-refractivity contribution >= 4 is 5.97 Å². The number of esters is 1. The first-order valence-corrected chi connectivity index (χ1v) is 6.28. The summed E-state index contributed by atoms with van der Waals surface area (Å²) in [6, 6.07) is 0. The summed E-state index contributed by atoms with van der Waals surface area (Å²) in [5.41, 5.74) is 0. The Bertz CT molecular complexity index is 193. The molecule has 0 spiro atoms. The molecule has 0 aromatic heterocycles. The molecule has 0 unspecified atom stereocenters. The van der Waals surface area contributed by atoms with Crippen LogP contribution in [0.3, 0.4) is 0 Å². The number of likely N-dealkylation sites (N-methyl/N-ethyl adjacent to an activating group) is 1. The monoisotopic (exact) mass is 247 g/mol. The quantitative estimate of drug-likeness (QED) is 0.430. The predicted molar refractivity (Wildman–Crippen MR) is 65.8 cm³/mol. The van der Waals surface area contributed by atoms with Crippen molar-refractivity contribution in [1.29, 1.82) is 0 Å². The molecule has 0 aromatic rings. The molecule has 5 heteroatoms. The number of nitrogens with zero attached hydrogens (tertiary/aromatic N) is 1. The maximum Gasteiger partial charge on any atom is 0.320 e. The summed E-state index contributed by atoms with van der Waals surface area (Å²) in [5, 5.41) is 0. The van der Waals surface area contributed by atoms with Gasteiger partial charge in [-0.25, -0.2) is 0 Å². The summed E-state index contributed by atoms with van der Waals surface area (Å²) >= 11 is 0. The summed E-state index contributed by atoms with van der Waals surface area (Å²) in [6.45, 7) is 10.9. The third kappa shape index (κ3) is 8.12. The zero-order chi connectivity index (χ0) is 13.1. The van der Waals surface area contributed by atoms with Crippen LogP contribution in [0.4, 0.5) is 0 Å². The highest BCUT2D eigenvalue weighted by atomic mass is 16.7. The molecule has 17 heavy (non-hydrogen) atoms. The molecule has 0 aliphatic rings. The van der Waals surface area contributed by atoms with Crippen LogP contribution >= 0.6 is 0 Å². The van der Waals surface area contributed by atoms with Gasteiger partial charge in [0.25, 0.3) is 0 Å². The summed E-state index contributed by atoms with van der Waals surface area (Å²) in [5.74, 6) is -0.207. The van der Waals surface area contributed by atoms with E-state index < -0.39 is 0 Å². The van der Waals surface area contributed by atoms with E-state index in [0.717, 1.165) is 6.54 Å². The SMILES string of the molecule is CCOC(=O)CN(CC)CC(OCC)OCC. The minimum absolute atomic E-state index is 0.207. The van der Waals surface area contributed by atoms with E-state index in [-0.39, 0.29) is 18.8 Å². The van der Waals surface area contributed by atoms with E-state index in [1.165, 1.54) is 0 Å². The number of carbonyl (C=O) groups excluding carboxylic acids is 1. The molecule has 0 radical (unpaired) electrons. The lowest BCUT2D eigenvalue weighted by Gasteiger charge is -2.25. The molecule has 0 aromatic carbocycles. The highest BCUT2D eigenvalue weighted by molar-refractivity contribution is 5.71. The second-order valence-electron chi connectivity index (χ2n) is 3.47. The fraction of sp³-hybridized carbons (Fsp3) is 0.917. The van der Waals surface area contributed by atoms with Crippen molar-refractivity contribution in [1.82, 2.24) is 4.90 Å². The van der Waals surface area contributed by atoms with E-state index in [4.69, 9.17) is 14.2 Å². The molecule has 0 bridgehead atoms. The third-order valence-corrected chi connectivity index (χ3v) is 2.22. The first-order chi connectivity index (χ1) is 8.17. The van der Waals surface area contributed by atoms with Gasteiger partial charge >= 0.3 is 5.97 Å². The lowest BCUT2D eigenvalue weighted by Crippen LogP contribution is -2.39. The van der Waals surface area contributed by atoms with Crippen LogP contribution in [-0.2, 0) is 19.0 Å². The van der Waals surface area contributed by atoms with Gasteiger partial charge in [-0.15, -0.1) is 0 Å². The van der Waals surface area contributed by atoms with Crippen LogP contribution in [0.15, 0.2) is 0 Å². The molecule has 0 aliphatic carbocycles. The molecule has 0 saturated carbocycles. The van der Waals surface area contributed by atoms with Crippen molar-refractivity contribution in [2.75, 3.05) is 39.5 Å². The standard InChI is InChI=1S/C12H25NO4/c1-5-13(9-11(14)15-6-2)10-12(16-7-3)17-8-4/h12H,5-10H2,1-4H3. The average Bonchev–Trinajstić information content (AvgIpc) is 2.29. The van der Waals surface area contributed by atoms with Gasteiger partial charge in [0.1, 0.15) is 0 Å². The van der Waals surface area contributed by atoms with E-state index in [1.54, 1.807) is 6.92 Å². The van der Waals surface area contributed by atoms with Crippen LogP contribution < -0.4 is 0 Å². The Balaban J connectivity index is 4.10. The molecule has 102 valence electrons. The van der Waals surface area contributed by atoms with E-state index in [9.17, 15) is 4.79 Å². The minimum atomic E-state index is -0.278. The van der Waals surface area contributed by atoms with Crippen molar-refractivity contribution in [2.24, 2.45) is 0 Å². The largest absolute Gasteiger partial charge is 0.465 e. The maximum atomic E-state index is 11.4. The first kappa shape index (κ1) is 16.4. The second-order valence-corrected chi connectivity index (χ2v) is 3.47. The van der Waals surface area contributed by atoms with Gasteiger partial charge in [-0.3, -0.25) is 9.69 Å². The van der Waals surface area contributed by atoms with Crippen LogP contribution in [0, 0.1) is 0 Å². The number of rotatable bonds is 10. The molecule has 0 amide bonds. The molecular formula is C12H25NO4. The average molecular weight is 247 g/mol. The molecule has 0 heterocycles. The Morgan fingerprint density at radius 3 is 2.06 bits per heavy atom. The maximum absolute atomic E-state index is 11.4. The Hall–Kier alpha value is -0.650. The number of hydrogen-bond donors (Lipinski definition) is 0. The lowest BCUT2D eigenvalue weighted by molar-refractivity contribution is -0.155. The van der Waals surface area contributed by atoms with Crippen molar-refractivity contribution in [3.8, 4) is 0 Å². The van der Waals surface area contributed by atoms with Gasteiger partial charge in [0, 0.05) is 13.2 Å². The van der Waals surface area contributed by atoms with Crippen LogP contribution in [0.5, 0.6) is 0 Å². The summed E-state index contributed by atoms with van der Waals surface area (Å²) in [7, 11) is 0. The molecule has 0 saturated heterocycles. The summed E-state index contributed by atoms with van der Waals surface area (Å²) < 4.78 is 15.8. The smallest absolute Gasteiger partial charge is 0.320 e. The zero-order valence-corrected chi connectivity index (χ0v) is 11.4.